The van der Waals surface area contributed by atoms with Gasteiger partial charge in [-0.15, -0.1) is 4.99 Å². The first-order valence-electron chi connectivity index (χ1n) is 7.74. The van der Waals surface area contributed by atoms with E-state index in [-0.39, 0.29) is 5.54 Å². The van der Waals surface area contributed by atoms with Crippen molar-refractivity contribution in [3.63, 3.8) is 0 Å². The molecule has 1 N–H and O–H groups in total. The van der Waals surface area contributed by atoms with Crippen LogP contribution in [-0.2, 0) is 0 Å². The number of guanidine groups is 1. The minimum Gasteiger partial charge on any atom is -0.483 e. The first kappa shape index (κ1) is 15.9. The van der Waals surface area contributed by atoms with Crippen LogP contribution in [0.5, 0.6) is 5.75 Å². The SMILES string of the molecule is CC1(C)CN(C2=CC(C)(C)Oc3ccc(C#N)cc32)C(=NC#N)N1. The summed E-state index contributed by atoms with van der Waals surface area (Å²) >= 11 is 0. The molecule has 122 valence electrons. The Kier molecular flexibility index (Phi) is 3.50. The molecule has 0 unspecified atom stereocenters. The van der Waals surface area contributed by atoms with Crippen molar-refractivity contribution in [2.45, 2.75) is 38.8 Å². The smallest absolute Gasteiger partial charge is 0.214 e. The first-order chi connectivity index (χ1) is 11.2. The summed E-state index contributed by atoms with van der Waals surface area (Å²) in [5.74, 6) is 1.23. The van der Waals surface area contributed by atoms with Crippen molar-refractivity contribution >= 4 is 11.7 Å². The summed E-state index contributed by atoms with van der Waals surface area (Å²) in [4.78, 5) is 5.91. The van der Waals surface area contributed by atoms with E-state index >= 15 is 0 Å². The summed E-state index contributed by atoms with van der Waals surface area (Å²) in [5, 5.41) is 21.5. The average Bonchev–Trinajstić information content (AvgIpc) is 2.80. The van der Waals surface area contributed by atoms with Gasteiger partial charge < -0.3 is 15.0 Å². The molecule has 1 aromatic rings. The number of aliphatic imine (C=N–C) groups is 1. The average molecular weight is 321 g/mol. The highest BCUT2D eigenvalue weighted by Crippen LogP contribution is 2.39. The quantitative estimate of drug-likeness (QED) is 0.804. The van der Waals surface area contributed by atoms with Crippen LogP contribution >= 0.6 is 0 Å². The van der Waals surface area contributed by atoms with Gasteiger partial charge in [0.2, 0.25) is 12.2 Å². The van der Waals surface area contributed by atoms with Gasteiger partial charge in [0.1, 0.15) is 11.4 Å². The Morgan fingerprint density at radius 2 is 2.00 bits per heavy atom. The Morgan fingerprint density at radius 3 is 2.67 bits per heavy atom. The lowest BCUT2D eigenvalue weighted by atomic mass is 9.96. The number of ether oxygens (including phenoxy) is 1. The standard InChI is InChI=1S/C18H19N5O/c1-17(2)10-23(16(22-17)21-11-20)14-8-18(3,4)24-15-6-5-12(9-19)7-13(14)15/h5-8H,10H2,1-4H3,(H,21,22). The van der Waals surface area contributed by atoms with Gasteiger partial charge >= 0.3 is 0 Å². The van der Waals surface area contributed by atoms with Crippen LogP contribution in [0.4, 0.5) is 0 Å². The van der Waals surface area contributed by atoms with Gasteiger partial charge in [0.15, 0.2) is 0 Å². The van der Waals surface area contributed by atoms with Crippen molar-refractivity contribution in [3.8, 4) is 18.0 Å². The molecule has 0 atom stereocenters. The van der Waals surface area contributed by atoms with Crippen molar-refractivity contribution in [1.29, 1.82) is 10.5 Å². The zero-order valence-corrected chi connectivity index (χ0v) is 14.2. The maximum Gasteiger partial charge on any atom is 0.214 e. The van der Waals surface area contributed by atoms with Crippen LogP contribution in [0.25, 0.3) is 5.70 Å². The summed E-state index contributed by atoms with van der Waals surface area (Å²) in [6.45, 7) is 8.72. The monoisotopic (exact) mass is 321 g/mol. The molecule has 3 rings (SSSR count). The molecule has 0 saturated carbocycles. The van der Waals surface area contributed by atoms with Gasteiger partial charge in [0.05, 0.1) is 22.9 Å². The summed E-state index contributed by atoms with van der Waals surface area (Å²) < 4.78 is 6.02. The highest BCUT2D eigenvalue weighted by Gasteiger charge is 2.39. The van der Waals surface area contributed by atoms with E-state index in [2.05, 4.69) is 30.2 Å². The van der Waals surface area contributed by atoms with E-state index in [1.165, 1.54) is 0 Å². The number of hydrogen-bond acceptors (Lipinski definition) is 4. The van der Waals surface area contributed by atoms with Gasteiger partial charge in [0.25, 0.3) is 0 Å². The maximum atomic E-state index is 9.21. The molecule has 0 aliphatic carbocycles. The van der Waals surface area contributed by atoms with Gasteiger partial charge in [-0.25, -0.2) is 0 Å². The van der Waals surface area contributed by atoms with Crippen LogP contribution in [-0.4, -0.2) is 28.5 Å². The molecule has 0 spiro atoms. The molecule has 0 amide bonds. The third-order valence-electron chi connectivity index (χ3n) is 3.95. The Bertz CT molecular complexity index is 836. The van der Waals surface area contributed by atoms with Crippen LogP contribution in [0, 0.1) is 22.8 Å². The van der Waals surface area contributed by atoms with E-state index in [0.29, 0.717) is 18.1 Å². The molecular weight excluding hydrogens is 302 g/mol. The molecule has 0 radical (unpaired) electrons. The van der Waals surface area contributed by atoms with Crippen molar-refractivity contribution in [3.05, 3.63) is 35.4 Å². The van der Waals surface area contributed by atoms with E-state index in [0.717, 1.165) is 17.0 Å². The van der Waals surface area contributed by atoms with Crippen molar-refractivity contribution in [2.75, 3.05) is 6.54 Å². The lowest BCUT2D eigenvalue weighted by Crippen LogP contribution is -2.37. The van der Waals surface area contributed by atoms with Crippen LogP contribution in [0.15, 0.2) is 29.3 Å². The predicted octanol–water partition coefficient (Wildman–Crippen LogP) is 2.59. The Balaban J connectivity index is 2.16. The number of nitrogens with zero attached hydrogens (tertiary/aromatic N) is 4. The Labute approximate surface area is 141 Å². The summed E-state index contributed by atoms with van der Waals surface area (Å²) in [5.41, 5.74) is 1.57. The zero-order valence-electron chi connectivity index (χ0n) is 14.2. The summed E-state index contributed by atoms with van der Waals surface area (Å²) in [6, 6.07) is 7.54. The highest BCUT2D eigenvalue weighted by atomic mass is 16.5. The normalized spacial score (nSPS) is 21.8. The van der Waals surface area contributed by atoms with Crippen LogP contribution < -0.4 is 10.1 Å². The molecule has 0 bridgehead atoms. The van der Waals surface area contributed by atoms with E-state index in [1.807, 2.05) is 43.1 Å². The lowest BCUT2D eigenvalue weighted by Gasteiger charge is -2.34. The molecule has 2 aliphatic rings. The summed E-state index contributed by atoms with van der Waals surface area (Å²) in [7, 11) is 0. The van der Waals surface area contributed by atoms with Crippen LogP contribution in [0.3, 0.4) is 0 Å². The van der Waals surface area contributed by atoms with E-state index in [4.69, 9.17) is 10.00 Å². The topological polar surface area (TPSA) is 84.4 Å². The van der Waals surface area contributed by atoms with Gasteiger partial charge in [-0.3, -0.25) is 0 Å². The minimum atomic E-state index is -0.499. The summed E-state index contributed by atoms with van der Waals surface area (Å²) in [6.07, 6.45) is 3.86. The highest BCUT2D eigenvalue weighted by molar-refractivity contribution is 5.94. The fourth-order valence-corrected chi connectivity index (χ4v) is 3.05. The maximum absolute atomic E-state index is 9.21. The Morgan fingerprint density at radius 1 is 1.25 bits per heavy atom. The van der Waals surface area contributed by atoms with Gasteiger partial charge in [-0.2, -0.15) is 10.5 Å². The molecular formula is C18H19N5O. The molecule has 2 aliphatic heterocycles. The van der Waals surface area contributed by atoms with Crippen LogP contribution in [0.2, 0.25) is 0 Å². The molecule has 24 heavy (non-hydrogen) atoms. The second kappa shape index (κ2) is 5.28. The number of nitrogens with one attached hydrogen (secondary N) is 1. The number of rotatable bonds is 1. The molecule has 0 aromatic heterocycles. The predicted molar refractivity (Wildman–Crippen MR) is 90.8 cm³/mol. The molecule has 6 nitrogen and oxygen atoms in total. The van der Waals surface area contributed by atoms with Crippen molar-refractivity contribution in [1.82, 2.24) is 10.2 Å². The third kappa shape index (κ3) is 2.79. The Hall–Kier alpha value is -2.99. The largest absolute Gasteiger partial charge is 0.483 e. The van der Waals surface area contributed by atoms with Gasteiger partial charge in [-0.05, 0) is 52.0 Å². The molecule has 6 heteroatoms. The molecule has 1 fully saturated rings. The lowest BCUT2D eigenvalue weighted by molar-refractivity contribution is 0.156. The number of fused-ring (bicyclic) bond motifs is 1. The molecule has 2 heterocycles. The number of nitriles is 2. The van der Waals surface area contributed by atoms with Crippen molar-refractivity contribution in [2.24, 2.45) is 4.99 Å². The zero-order chi connectivity index (χ0) is 17.5. The number of hydrogen-bond donors (Lipinski definition) is 1. The van der Waals surface area contributed by atoms with E-state index < -0.39 is 5.60 Å². The minimum absolute atomic E-state index is 0.216. The second-order valence-corrected chi connectivity index (χ2v) is 7.19. The fraction of sp³-hybridized carbons (Fsp3) is 0.389. The van der Waals surface area contributed by atoms with Crippen LogP contribution in [0.1, 0.15) is 38.8 Å². The molecule has 1 saturated heterocycles. The molecule has 1 aromatic carbocycles. The first-order valence-corrected chi connectivity index (χ1v) is 7.74. The fourth-order valence-electron chi connectivity index (χ4n) is 3.05. The van der Waals surface area contributed by atoms with E-state index in [9.17, 15) is 5.26 Å². The second-order valence-electron chi connectivity index (χ2n) is 7.19. The van der Waals surface area contributed by atoms with Gasteiger partial charge in [-0.1, -0.05) is 0 Å². The number of benzene rings is 1. The van der Waals surface area contributed by atoms with E-state index in [1.54, 1.807) is 6.07 Å². The van der Waals surface area contributed by atoms with Gasteiger partial charge in [0, 0.05) is 12.1 Å². The van der Waals surface area contributed by atoms with Crippen molar-refractivity contribution < 1.29 is 4.74 Å². The third-order valence-corrected chi connectivity index (χ3v) is 3.95.